The van der Waals surface area contributed by atoms with Crippen molar-refractivity contribution in [3.05, 3.63) is 35.9 Å². The second-order valence-corrected chi connectivity index (χ2v) is 3.99. The van der Waals surface area contributed by atoms with Crippen molar-refractivity contribution in [3.63, 3.8) is 0 Å². The average molecular weight is 220 g/mol. The Hall–Kier alpha value is -0.130. The standard InChI is InChI=1S/C9H10O3S.Na/c1-3-8-7(2)5-4-6-9(8)13(10,11)12;/h3-6H,1H2,2H3,(H,10,11,12);/q;+1/p-1. The summed E-state index contributed by atoms with van der Waals surface area (Å²) in [6.45, 7) is 5.19. The van der Waals surface area contributed by atoms with Gasteiger partial charge in [0.05, 0.1) is 4.90 Å². The molecule has 0 aliphatic carbocycles. The van der Waals surface area contributed by atoms with Crippen LogP contribution in [0.3, 0.4) is 0 Å². The summed E-state index contributed by atoms with van der Waals surface area (Å²) in [5.74, 6) is 0. The zero-order valence-corrected chi connectivity index (χ0v) is 11.0. The molecule has 0 N–H and O–H groups in total. The molecule has 0 radical (unpaired) electrons. The van der Waals surface area contributed by atoms with Crippen molar-refractivity contribution < 1.29 is 42.5 Å². The van der Waals surface area contributed by atoms with Gasteiger partial charge in [0.2, 0.25) is 0 Å². The number of rotatable bonds is 2. The molecule has 0 atom stereocenters. The molecule has 0 fully saturated rings. The van der Waals surface area contributed by atoms with E-state index in [-0.39, 0.29) is 34.5 Å². The molecule has 5 heteroatoms. The van der Waals surface area contributed by atoms with Crippen LogP contribution in [0, 0.1) is 6.92 Å². The van der Waals surface area contributed by atoms with Crippen LogP contribution in [0.1, 0.15) is 11.1 Å². The Bertz CT molecular complexity index is 437. The van der Waals surface area contributed by atoms with Crippen LogP contribution in [0.15, 0.2) is 29.7 Å². The maximum atomic E-state index is 10.8. The molecule has 0 spiro atoms. The Morgan fingerprint density at radius 3 is 2.36 bits per heavy atom. The Morgan fingerprint density at radius 2 is 2.00 bits per heavy atom. The summed E-state index contributed by atoms with van der Waals surface area (Å²) in [6, 6.07) is 4.55. The van der Waals surface area contributed by atoms with Crippen LogP contribution in [0.25, 0.3) is 6.08 Å². The van der Waals surface area contributed by atoms with Crippen molar-refractivity contribution >= 4 is 16.2 Å². The molecule has 70 valence electrons. The van der Waals surface area contributed by atoms with Crippen LogP contribution >= 0.6 is 0 Å². The van der Waals surface area contributed by atoms with E-state index in [0.29, 0.717) is 5.56 Å². The molecule has 1 rings (SSSR count). The fourth-order valence-corrected chi connectivity index (χ4v) is 1.89. The SMILES string of the molecule is C=Cc1c(C)cccc1S(=O)(=O)[O-].[Na+]. The van der Waals surface area contributed by atoms with Crippen LogP contribution in [-0.4, -0.2) is 13.0 Å². The molecule has 0 saturated heterocycles. The van der Waals surface area contributed by atoms with Gasteiger partial charge in [-0.1, -0.05) is 24.8 Å². The van der Waals surface area contributed by atoms with Gasteiger partial charge in [-0.15, -0.1) is 0 Å². The van der Waals surface area contributed by atoms with E-state index in [1.165, 1.54) is 18.2 Å². The minimum atomic E-state index is -4.39. The van der Waals surface area contributed by atoms with Crippen molar-refractivity contribution in [1.29, 1.82) is 0 Å². The quantitative estimate of drug-likeness (QED) is 0.452. The smallest absolute Gasteiger partial charge is 0.744 e. The number of hydrogen-bond acceptors (Lipinski definition) is 3. The molecule has 0 aliphatic heterocycles. The summed E-state index contributed by atoms with van der Waals surface area (Å²) < 4.78 is 32.3. The van der Waals surface area contributed by atoms with Gasteiger partial charge >= 0.3 is 29.6 Å². The number of hydrogen-bond donors (Lipinski definition) is 0. The van der Waals surface area contributed by atoms with Crippen molar-refractivity contribution in [2.45, 2.75) is 11.8 Å². The first-order valence-corrected chi connectivity index (χ1v) is 5.05. The largest absolute Gasteiger partial charge is 1.00 e. The van der Waals surface area contributed by atoms with E-state index in [0.717, 1.165) is 5.56 Å². The molecule has 0 heterocycles. The van der Waals surface area contributed by atoms with Crippen molar-refractivity contribution in [2.75, 3.05) is 0 Å². The maximum absolute atomic E-state index is 10.8. The van der Waals surface area contributed by atoms with Crippen molar-refractivity contribution in [2.24, 2.45) is 0 Å². The topological polar surface area (TPSA) is 57.2 Å². The van der Waals surface area contributed by atoms with E-state index >= 15 is 0 Å². The summed E-state index contributed by atoms with van der Waals surface area (Å²) in [4.78, 5) is -0.206. The van der Waals surface area contributed by atoms with Gasteiger partial charge in [-0.3, -0.25) is 0 Å². The molecule has 0 aliphatic rings. The molecule has 0 aromatic heterocycles. The van der Waals surface area contributed by atoms with Gasteiger partial charge < -0.3 is 4.55 Å². The summed E-state index contributed by atoms with van der Waals surface area (Å²) in [5, 5.41) is 0. The fourth-order valence-electron chi connectivity index (χ4n) is 1.13. The third-order valence-corrected chi connectivity index (χ3v) is 2.65. The molecule has 0 amide bonds. The Balaban J connectivity index is 0.00000169. The second kappa shape index (κ2) is 5.09. The monoisotopic (exact) mass is 220 g/mol. The maximum Gasteiger partial charge on any atom is 1.00 e. The minimum absolute atomic E-state index is 0. The Labute approximate surface area is 106 Å². The van der Waals surface area contributed by atoms with Gasteiger partial charge in [0.1, 0.15) is 10.1 Å². The first kappa shape index (κ1) is 13.9. The molecule has 1 aromatic carbocycles. The molecular formula is C9H9NaO3S. The molecule has 0 saturated carbocycles. The van der Waals surface area contributed by atoms with Crippen LogP contribution in [0.5, 0.6) is 0 Å². The summed E-state index contributed by atoms with van der Waals surface area (Å²) >= 11 is 0. The first-order valence-electron chi connectivity index (χ1n) is 3.65. The number of aryl methyl sites for hydroxylation is 1. The Kier molecular flexibility index (Phi) is 5.05. The van der Waals surface area contributed by atoms with Crippen LogP contribution in [0.4, 0.5) is 0 Å². The van der Waals surface area contributed by atoms with Crippen molar-refractivity contribution in [1.82, 2.24) is 0 Å². The number of benzene rings is 1. The van der Waals surface area contributed by atoms with E-state index in [4.69, 9.17) is 0 Å². The van der Waals surface area contributed by atoms with E-state index in [1.807, 2.05) is 0 Å². The van der Waals surface area contributed by atoms with Gasteiger partial charge in [-0.2, -0.15) is 0 Å². The van der Waals surface area contributed by atoms with Gasteiger partial charge in [0.25, 0.3) is 0 Å². The molecule has 1 aromatic rings. The molecule has 0 bridgehead atoms. The molecule has 0 unspecified atom stereocenters. The van der Waals surface area contributed by atoms with E-state index in [1.54, 1.807) is 13.0 Å². The zero-order chi connectivity index (χ0) is 10.1. The third kappa shape index (κ3) is 2.93. The summed E-state index contributed by atoms with van der Waals surface area (Å²) in [7, 11) is -4.39. The third-order valence-electron chi connectivity index (χ3n) is 1.76. The minimum Gasteiger partial charge on any atom is -0.744 e. The Morgan fingerprint density at radius 1 is 1.43 bits per heavy atom. The molecule has 14 heavy (non-hydrogen) atoms. The summed E-state index contributed by atoms with van der Waals surface area (Å²) in [6.07, 6.45) is 1.38. The molecule has 3 nitrogen and oxygen atoms in total. The summed E-state index contributed by atoms with van der Waals surface area (Å²) in [5.41, 5.74) is 1.12. The predicted molar refractivity (Wildman–Crippen MR) is 49.2 cm³/mol. The van der Waals surface area contributed by atoms with Crippen molar-refractivity contribution in [3.8, 4) is 0 Å². The second-order valence-electron chi connectivity index (χ2n) is 2.64. The van der Waals surface area contributed by atoms with Crippen LogP contribution < -0.4 is 29.6 Å². The van der Waals surface area contributed by atoms with E-state index in [2.05, 4.69) is 6.58 Å². The normalized spacial score (nSPS) is 10.4. The van der Waals surface area contributed by atoms with Gasteiger partial charge in [0.15, 0.2) is 0 Å². The van der Waals surface area contributed by atoms with E-state index in [9.17, 15) is 13.0 Å². The zero-order valence-electron chi connectivity index (χ0n) is 8.15. The van der Waals surface area contributed by atoms with Gasteiger partial charge in [-0.25, -0.2) is 8.42 Å². The predicted octanol–water partition coefficient (Wildman–Crippen LogP) is -1.45. The fraction of sp³-hybridized carbons (Fsp3) is 0.111. The average Bonchev–Trinajstić information content (AvgIpc) is 2.02. The van der Waals surface area contributed by atoms with Gasteiger partial charge in [-0.05, 0) is 24.1 Å². The van der Waals surface area contributed by atoms with Crippen LogP contribution in [-0.2, 0) is 10.1 Å². The van der Waals surface area contributed by atoms with Gasteiger partial charge in [0, 0.05) is 0 Å². The molecular weight excluding hydrogens is 211 g/mol. The first-order chi connectivity index (χ1) is 5.96. The van der Waals surface area contributed by atoms with E-state index < -0.39 is 10.1 Å². The van der Waals surface area contributed by atoms with Crippen LogP contribution in [0.2, 0.25) is 0 Å².